The van der Waals surface area contributed by atoms with Crippen LogP contribution in [0, 0.1) is 0 Å². The summed E-state index contributed by atoms with van der Waals surface area (Å²) in [6, 6.07) is 13.6. The zero-order chi connectivity index (χ0) is 18.1. The second-order valence-corrected chi connectivity index (χ2v) is 7.08. The standard InChI is InChI=1S/C20H27NO3S/c1-3-4-12-24-16(2)20(23)21(14-17-9-6-5-7-10-17)15-18(22)19-11-8-13-25-19/h5-11,13,16,18,22H,3-4,12,14-15H2,1-2H3/t16-,18-/m0/s1. The molecule has 2 atom stereocenters. The molecule has 1 aromatic heterocycles. The number of benzene rings is 1. The van der Waals surface area contributed by atoms with Gasteiger partial charge in [-0.25, -0.2) is 0 Å². The zero-order valence-corrected chi connectivity index (χ0v) is 15.7. The first-order chi connectivity index (χ1) is 12.1. The lowest BCUT2D eigenvalue weighted by Gasteiger charge is -2.28. The number of carbonyl (C=O) groups excluding carboxylic acids is 1. The number of aliphatic hydroxyl groups is 1. The van der Waals surface area contributed by atoms with Crippen molar-refractivity contribution >= 4 is 17.2 Å². The molecule has 0 aliphatic carbocycles. The summed E-state index contributed by atoms with van der Waals surface area (Å²) in [6.45, 7) is 5.18. The summed E-state index contributed by atoms with van der Waals surface area (Å²) in [5.74, 6) is -0.0874. The predicted molar refractivity (Wildman–Crippen MR) is 101 cm³/mol. The van der Waals surface area contributed by atoms with Crippen LogP contribution in [0.2, 0.25) is 0 Å². The molecule has 0 unspecified atom stereocenters. The summed E-state index contributed by atoms with van der Waals surface area (Å²) in [7, 11) is 0. The molecular weight excluding hydrogens is 334 g/mol. The molecule has 0 radical (unpaired) electrons. The van der Waals surface area contributed by atoms with E-state index in [4.69, 9.17) is 4.74 Å². The van der Waals surface area contributed by atoms with E-state index in [9.17, 15) is 9.90 Å². The van der Waals surface area contributed by atoms with Crippen LogP contribution in [0.15, 0.2) is 47.8 Å². The van der Waals surface area contributed by atoms with E-state index in [0.29, 0.717) is 13.2 Å². The Labute approximate surface area is 154 Å². The smallest absolute Gasteiger partial charge is 0.251 e. The van der Waals surface area contributed by atoms with Crippen molar-refractivity contribution in [2.75, 3.05) is 13.2 Å². The molecule has 2 rings (SSSR count). The Balaban J connectivity index is 2.06. The number of amides is 1. The summed E-state index contributed by atoms with van der Waals surface area (Å²) in [6.07, 6.45) is 0.779. The first kappa shape index (κ1) is 19.6. The molecule has 1 heterocycles. The minimum atomic E-state index is -0.685. The van der Waals surface area contributed by atoms with Gasteiger partial charge in [-0.05, 0) is 30.4 Å². The van der Waals surface area contributed by atoms with E-state index < -0.39 is 12.2 Å². The first-order valence-corrected chi connectivity index (χ1v) is 9.65. The van der Waals surface area contributed by atoms with Crippen molar-refractivity contribution in [3.63, 3.8) is 0 Å². The highest BCUT2D eigenvalue weighted by atomic mass is 32.1. The van der Waals surface area contributed by atoms with Crippen LogP contribution >= 0.6 is 11.3 Å². The van der Waals surface area contributed by atoms with E-state index in [1.165, 1.54) is 11.3 Å². The molecular formula is C20H27NO3S. The average molecular weight is 362 g/mol. The number of ether oxygens (including phenoxy) is 1. The quantitative estimate of drug-likeness (QED) is 0.650. The summed E-state index contributed by atoms with van der Waals surface area (Å²) in [5, 5.41) is 12.4. The van der Waals surface area contributed by atoms with Crippen LogP contribution in [0.3, 0.4) is 0 Å². The van der Waals surface area contributed by atoms with Gasteiger partial charge in [0.1, 0.15) is 12.2 Å². The number of rotatable bonds is 10. The Hall–Kier alpha value is -1.69. The predicted octanol–water partition coefficient (Wildman–Crippen LogP) is 4.02. The number of thiophene rings is 1. The molecule has 0 aliphatic heterocycles. The van der Waals surface area contributed by atoms with Crippen molar-refractivity contribution in [1.29, 1.82) is 0 Å². The Morgan fingerprint density at radius 3 is 2.64 bits per heavy atom. The van der Waals surface area contributed by atoms with Crippen LogP contribution in [0.1, 0.15) is 43.2 Å². The molecule has 0 aliphatic rings. The molecule has 4 nitrogen and oxygen atoms in total. The second-order valence-electron chi connectivity index (χ2n) is 6.10. The Morgan fingerprint density at radius 1 is 1.24 bits per heavy atom. The highest BCUT2D eigenvalue weighted by molar-refractivity contribution is 7.10. The van der Waals surface area contributed by atoms with E-state index in [0.717, 1.165) is 23.3 Å². The second kappa shape index (κ2) is 10.3. The van der Waals surface area contributed by atoms with Crippen LogP contribution in [0.5, 0.6) is 0 Å². The molecule has 0 spiro atoms. The molecule has 136 valence electrons. The average Bonchev–Trinajstić information content (AvgIpc) is 3.16. The number of carbonyl (C=O) groups is 1. The molecule has 1 amide bonds. The molecule has 0 fully saturated rings. The summed E-state index contributed by atoms with van der Waals surface area (Å²) < 4.78 is 5.66. The van der Waals surface area contributed by atoms with Gasteiger partial charge in [-0.15, -0.1) is 11.3 Å². The summed E-state index contributed by atoms with van der Waals surface area (Å²) >= 11 is 1.50. The van der Waals surface area contributed by atoms with Crippen LogP contribution in [0.25, 0.3) is 0 Å². The SMILES string of the molecule is CCCCO[C@@H](C)C(=O)N(Cc1ccccc1)C[C@H](O)c1cccs1. The molecule has 2 aromatic rings. The third-order valence-corrected chi connectivity index (χ3v) is 4.98. The van der Waals surface area contributed by atoms with Gasteiger partial charge < -0.3 is 14.7 Å². The topological polar surface area (TPSA) is 49.8 Å². The Morgan fingerprint density at radius 2 is 2.00 bits per heavy atom. The highest BCUT2D eigenvalue weighted by Gasteiger charge is 2.24. The molecule has 0 saturated carbocycles. The molecule has 25 heavy (non-hydrogen) atoms. The van der Waals surface area contributed by atoms with Gasteiger partial charge in [0.15, 0.2) is 0 Å². The van der Waals surface area contributed by atoms with Crippen molar-refractivity contribution in [3.8, 4) is 0 Å². The van der Waals surface area contributed by atoms with Crippen LogP contribution in [-0.4, -0.2) is 35.2 Å². The van der Waals surface area contributed by atoms with Gasteiger partial charge >= 0.3 is 0 Å². The van der Waals surface area contributed by atoms with Gasteiger partial charge in [-0.3, -0.25) is 4.79 Å². The fourth-order valence-electron chi connectivity index (χ4n) is 2.55. The van der Waals surface area contributed by atoms with Gasteiger partial charge in [-0.2, -0.15) is 0 Å². The largest absolute Gasteiger partial charge is 0.386 e. The lowest BCUT2D eigenvalue weighted by atomic mass is 10.1. The van der Waals surface area contributed by atoms with Crippen molar-refractivity contribution in [2.45, 2.75) is 45.4 Å². The zero-order valence-electron chi connectivity index (χ0n) is 14.9. The lowest BCUT2D eigenvalue weighted by Crippen LogP contribution is -2.41. The van der Waals surface area contributed by atoms with Gasteiger partial charge in [-0.1, -0.05) is 49.7 Å². The van der Waals surface area contributed by atoms with E-state index in [1.54, 1.807) is 11.8 Å². The van der Waals surface area contributed by atoms with Gasteiger partial charge in [0.2, 0.25) is 0 Å². The number of hydrogen-bond acceptors (Lipinski definition) is 4. The monoisotopic (exact) mass is 361 g/mol. The van der Waals surface area contributed by atoms with Crippen molar-refractivity contribution in [1.82, 2.24) is 4.90 Å². The number of unbranched alkanes of at least 4 members (excludes halogenated alkanes) is 1. The molecule has 0 bridgehead atoms. The summed E-state index contributed by atoms with van der Waals surface area (Å²) in [4.78, 5) is 15.4. The molecule has 1 aromatic carbocycles. The third kappa shape index (κ3) is 6.27. The maximum atomic E-state index is 12.8. The van der Waals surface area contributed by atoms with Crippen molar-refractivity contribution in [2.24, 2.45) is 0 Å². The maximum Gasteiger partial charge on any atom is 0.251 e. The van der Waals surface area contributed by atoms with E-state index in [1.807, 2.05) is 47.8 Å². The Kier molecular flexibility index (Phi) is 8.12. The Bertz CT molecular complexity index is 615. The minimum absolute atomic E-state index is 0.0874. The van der Waals surface area contributed by atoms with Gasteiger partial charge in [0.05, 0.1) is 6.54 Å². The van der Waals surface area contributed by atoms with Crippen LogP contribution in [-0.2, 0) is 16.1 Å². The van der Waals surface area contributed by atoms with Crippen molar-refractivity contribution < 1.29 is 14.6 Å². The molecule has 5 heteroatoms. The number of hydrogen-bond donors (Lipinski definition) is 1. The first-order valence-electron chi connectivity index (χ1n) is 8.77. The van der Waals surface area contributed by atoms with Gasteiger partial charge in [0, 0.05) is 18.0 Å². The molecule has 1 N–H and O–H groups in total. The lowest BCUT2D eigenvalue weighted by molar-refractivity contribution is -0.144. The normalized spacial score (nSPS) is 13.4. The van der Waals surface area contributed by atoms with E-state index >= 15 is 0 Å². The van der Waals surface area contributed by atoms with Gasteiger partial charge in [0.25, 0.3) is 5.91 Å². The molecule has 0 saturated heterocycles. The van der Waals surface area contributed by atoms with Crippen LogP contribution < -0.4 is 0 Å². The fourth-order valence-corrected chi connectivity index (χ4v) is 3.25. The number of aliphatic hydroxyl groups excluding tert-OH is 1. The summed E-state index contributed by atoms with van der Waals surface area (Å²) in [5.41, 5.74) is 1.04. The van der Waals surface area contributed by atoms with E-state index in [-0.39, 0.29) is 12.5 Å². The highest BCUT2D eigenvalue weighted by Crippen LogP contribution is 2.21. The van der Waals surface area contributed by atoms with E-state index in [2.05, 4.69) is 6.92 Å². The number of nitrogens with zero attached hydrogens (tertiary/aromatic N) is 1. The third-order valence-electron chi connectivity index (χ3n) is 4.01. The maximum absolute atomic E-state index is 12.8. The minimum Gasteiger partial charge on any atom is -0.386 e. The van der Waals surface area contributed by atoms with Crippen LogP contribution in [0.4, 0.5) is 0 Å². The fraction of sp³-hybridized carbons (Fsp3) is 0.450. The van der Waals surface area contributed by atoms with Crippen molar-refractivity contribution in [3.05, 3.63) is 58.3 Å².